The number of nitrogens with zero attached hydrogens (tertiary/aromatic N) is 1. The van der Waals surface area contributed by atoms with E-state index in [1.807, 2.05) is 37.2 Å². The molecule has 0 radical (unpaired) electrons. The lowest BCUT2D eigenvalue weighted by molar-refractivity contribution is 0.0372. The predicted molar refractivity (Wildman–Crippen MR) is 83.3 cm³/mol. The lowest BCUT2D eigenvalue weighted by atomic mass is 10.1. The fourth-order valence-electron chi connectivity index (χ4n) is 1.73. The van der Waals surface area contributed by atoms with Gasteiger partial charge in [-0.05, 0) is 32.5 Å². The third-order valence-electron chi connectivity index (χ3n) is 2.67. The summed E-state index contributed by atoms with van der Waals surface area (Å²) in [6.45, 7) is 1.17. The minimum absolute atomic E-state index is 0.414. The van der Waals surface area contributed by atoms with E-state index in [4.69, 9.17) is 39.5 Å². The summed E-state index contributed by atoms with van der Waals surface area (Å²) in [6, 6.07) is 10.3. The molecule has 0 spiro atoms. The molecule has 108 valence electrons. The number of ether oxygens (including phenoxy) is 1. The molecule has 1 aromatic rings. The van der Waals surface area contributed by atoms with Gasteiger partial charge in [0.1, 0.15) is 6.10 Å². The minimum Gasteiger partial charge on any atom is -0.372 e. The van der Waals surface area contributed by atoms with Gasteiger partial charge in [-0.15, -0.1) is 0 Å². The Hall–Kier alpha value is 0.01000. The quantitative estimate of drug-likeness (QED) is 0.556. The lowest BCUT2D eigenvalue weighted by Gasteiger charge is -2.27. The number of rotatable bonds is 7. The van der Waals surface area contributed by atoms with Crippen molar-refractivity contribution >= 4 is 34.8 Å². The second-order valence-corrected chi connectivity index (χ2v) is 7.12. The minimum atomic E-state index is -1.39. The van der Waals surface area contributed by atoms with Crippen LogP contribution in [0.2, 0.25) is 0 Å². The van der Waals surface area contributed by atoms with E-state index in [-0.39, 0.29) is 0 Å². The van der Waals surface area contributed by atoms with Crippen molar-refractivity contribution in [2.45, 2.75) is 22.7 Å². The second kappa shape index (κ2) is 8.33. The Morgan fingerprint density at radius 2 is 1.79 bits per heavy atom. The van der Waals surface area contributed by atoms with E-state index in [1.54, 1.807) is 0 Å². The Balaban J connectivity index is 2.32. The Bertz CT molecular complexity index is 351. The molecule has 1 rings (SSSR count). The zero-order chi connectivity index (χ0) is 14.3. The van der Waals surface area contributed by atoms with E-state index in [0.717, 1.165) is 12.8 Å². The van der Waals surface area contributed by atoms with E-state index in [1.165, 1.54) is 5.56 Å². The molecule has 0 heterocycles. The van der Waals surface area contributed by atoms with Crippen LogP contribution >= 0.6 is 34.8 Å². The molecule has 5 heteroatoms. The Morgan fingerprint density at radius 1 is 1.16 bits per heavy atom. The zero-order valence-electron chi connectivity index (χ0n) is 11.3. The van der Waals surface area contributed by atoms with Crippen molar-refractivity contribution in [3.05, 3.63) is 35.9 Å². The molecule has 0 aliphatic rings. The van der Waals surface area contributed by atoms with Gasteiger partial charge in [-0.25, -0.2) is 0 Å². The number of alkyl halides is 3. The van der Waals surface area contributed by atoms with Gasteiger partial charge in [0.2, 0.25) is 3.79 Å². The summed E-state index contributed by atoms with van der Waals surface area (Å²) in [4.78, 5) is 1.95. The molecular formula is C14H20Cl3NO. The van der Waals surface area contributed by atoms with Gasteiger partial charge in [0.25, 0.3) is 0 Å². The average Bonchev–Trinajstić information content (AvgIpc) is 2.32. The third kappa shape index (κ3) is 7.38. The van der Waals surface area contributed by atoms with Crippen LogP contribution in [0, 0.1) is 0 Å². The molecule has 2 nitrogen and oxygen atoms in total. The molecule has 0 fully saturated rings. The van der Waals surface area contributed by atoms with Gasteiger partial charge in [-0.3, -0.25) is 0 Å². The normalized spacial score (nSPS) is 13.8. The monoisotopic (exact) mass is 323 g/mol. The molecular weight excluding hydrogens is 305 g/mol. The van der Waals surface area contributed by atoms with Gasteiger partial charge in [-0.2, -0.15) is 0 Å². The first-order valence-electron chi connectivity index (χ1n) is 6.26. The number of halogens is 3. The number of hydrogen-bond acceptors (Lipinski definition) is 2. The summed E-state index contributed by atoms with van der Waals surface area (Å²) >= 11 is 17.8. The van der Waals surface area contributed by atoms with E-state index in [9.17, 15) is 0 Å². The molecule has 0 aliphatic heterocycles. The van der Waals surface area contributed by atoms with Crippen molar-refractivity contribution < 1.29 is 4.74 Å². The van der Waals surface area contributed by atoms with Crippen LogP contribution in [0.25, 0.3) is 0 Å². The predicted octanol–water partition coefficient (Wildman–Crippen LogP) is 3.94. The van der Waals surface area contributed by atoms with Crippen LogP contribution in [-0.2, 0) is 11.2 Å². The molecule has 0 saturated heterocycles. The maximum Gasteiger partial charge on any atom is 0.217 e. The second-order valence-electron chi connectivity index (χ2n) is 4.75. The van der Waals surface area contributed by atoms with Crippen molar-refractivity contribution in [2.75, 3.05) is 27.2 Å². The van der Waals surface area contributed by atoms with Crippen molar-refractivity contribution in [2.24, 2.45) is 0 Å². The number of aryl methyl sites for hydroxylation is 1. The maximum atomic E-state index is 5.92. The highest BCUT2D eigenvalue weighted by molar-refractivity contribution is 6.68. The van der Waals surface area contributed by atoms with Crippen molar-refractivity contribution in [3.63, 3.8) is 0 Å². The standard InChI is InChI=1S/C14H20Cl3NO/c1-18(2)11-13(14(15,16)17)19-10-6-9-12-7-4-3-5-8-12/h3-5,7-8,13H,6,9-11H2,1-2H3. The van der Waals surface area contributed by atoms with E-state index < -0.39 is 9.90 Å². The molecule has 19 heavy (non-hydrogen) atoms. The molecule has 0 amide bonds. The van der Waals surface area contributed by atoms with Crippen LogP contribution in [0.4, 0.5) is 0 Å². The molecule has 0 aromatic heterocycles. The largest absolute Gasteiger partial charge is 0.372 e. The average molecular weight is 325 g/mol. The Labute approximate surface area is 130 Å². The summed E-state index contributed by atoms with van der Waals surface area (Å²) in [5, 5.41) is 0. The highest BCUT2D eigenvalue weighted by atomic mass is 35.6. The van der Waals surface area contributed by atoms with Crippen molar-refractivity contribution in [3.8, 4) is 0 Å². The van der Waals surface area contributed by atoms with Gasteiger partial charge < -0.3 is 9.64 Å². The Kier molecular flexibility index (Phi) is 7.48. The molecule has 0 N–H and O–H groups in total. The molecule has 0 aliphatic carbocycles. The SMILES string of the molecule is CN(C)CC(OCCCc1ccccc1)C(Cl)(Cl)Cl. The summed E-state index contributed by atoms with van der Waals surface area (Å²) in [6.07, 6.45) is 1.47. The van der Waals surface area contributed by atoms with Crippen molar-refractivity contribution in [1.82, 2.24) is 4.90 Å². The van der Waals surface area contributed by atoms with Crippen LogP contribution < -0.4 is 0 Å². The van der Waals surface area contributed by atoms with Crippen molar-refractivity contribution in [1.29, 1.82) is 0 Å². The van der Waals surface area contributed by atoms with Crippen LogP contribution in [-0.4, -0.2) is 42.0 Å². The summed E-state index contributed by atoms with van der Waals surface area (Å²) in [5.41, 5.74) is 1.30. The zero-order valence-corrected chi connectivity index (χ0v) is 13.5. The lowest BCUT2D eigenvalue weighted by Crippen LogP contribution is -2.38. The number of likely N-dealkylation sites (N-methyl/N-ethyl adjacent to an activating group) is 1. The molecule has 1 unspecified atom stereocenters. The first-order valence-corrected chi connectivity index (χ1v) is 7.40. The fraction of sp³-hybridized carbons (Fsp3) is 0.571. The smallest absolute Gasteiger partial charge is 0.217 e. The van der Waals surface area contributed by atoms with E-state index in [2.05, 4.69) is 12.1 Å². The summed E-state index contributed by atoms with van der Waals surface area (Å²) in [7, 11) is 3.85. The molecule has 1 atom stereocenters. The number of benzene rings is 1. The highest BCUT2D eigenvalue weighted by Crippen LogP contribution is 2.32. The van der Waals surface area contributed by atoms with Crippen LogP contribution in [0.1, 0.15) is 12.0 Å². The van der Waals surface area contributed by atoms with E-state index in [0.29, 0.717) is 13.2 Å². The van der Waals surface area contributed by atoms with Gasteiger partial charge in [-0.1, -0.05) is 65.1 Å². The first kappa shape index (κ1) is 17.1. The topological polar surface area (TPSA) is 12.5 Å². The molecule has 0 bridgehead atoms. The van der Waals surface area contributed by atoms with Gasteiger partial charge >= 0.3 is 0 Å². The van der Waals surface area contributed by atoms with Gasteiger partial charge in [0.15, 0.2) is 0 Å². The molecule has 0 saturated carbocycles. The van der Waals surface area contributed by atoms with Gasteiger partial charge in [0.05, 0.1) is 0 Å². The third-order valence-corrected chi connectivity index (χ3v) is 3.40. The number of hydrogen-bond donors (Lipinski definition) is 0. The van der Waals surface area contributed by atoms with Gasteiger partial charge in [0, 0.05) is 13.2 Å². The molecule has 1 aromatic carbocycles. The maximum absolute atomic E-state index is 5.92. The first-order chi connectivity index (χ1) is 8.89. The van der Waals surface area contributed by atoms with E-state index >= 15 is 0 Å². The summed E-state index contributed by atoms with van der Waals surface area (Å²) < 4.78 is 4.31. The highest BCUT2D eigenvalue weighted by Gasteiger charge is 2.33. The Morgan fingerprint density at radius 3 is 2.32 bits per heavy atom. The van der Waals surface area contributed by atoms with Crippen LogP contribution in [0.5, 0.6) is 0 Å². The van der Waals surface area contributed by atoms with Crippen LogP contribution in [0.15, 0.2) is 30.3 Å². The van der Waals surface area contributed by atoms with Crippen LogP contribution in [0.3, 0.4) is 0 Å². The summed E-state index contributed by atoms with van der Waals surface area (Å²) in [5.74, 6) is 0. The fourth-order valence-corrected chi connectivity index (χ4v) is 2.12.